The van der Waals surface area contributed by atoms with Gasteiger partial charge < -0.3 is 24.4 Å². The number of aromatic nitrogens is 2. The van der Waals surface area contributed by atoms with Gasteiger partial charge in [-0.2, -0.15) is 0 Å². The summed E-state index contributed by atoms with van der Waals surface area (Å²) in [4.78, 5) is 95.3. The van der Waals surface area contributed by atoms with Crippen molar-refractivity contribution in [1.29, 1.82) is 0 Å². The first-order valence-electron chi connectivity index (χ1n) is 34.8. The number of amides is 3. The minimum atomic E-state index is -3.93. The number of hydrogen-bond donors (Lipinski definition) is 3. The molecule has 3 amide bonds. The second kappa shape index (κ2) is 29.7. The number of ether oxygens (including phenoxy) is 2. The number of rotatable bonds is 13. The summed E-state index contributed by atoms with van der Waals surface area (Å²) in [5, 5.41) is 15.8. The lowest BCUT2D eigenvalue weighted by atomic mass is 9.90. The number of para-hydroxylation sites is 2. The number of primary sulfonamides is 1. The molecule has 2 aromatic heterocycles. The molecule has 27 heteroatoms. The maximum Gasteiger partial charge on any atom is 0.310 e. The number of nitrogens with one attached hydrogen (secondary N) is 1. The van der Waals surface area contributed by atoms with Crippen LogP contribution in [0.2, 0.25) is 0 Å². The van der Waals surface area contributed by atoms with Gasteiger partial charge in [-0.15, -0.1) is 0 Å². The van der Waals surface area contributed by atoms with Gasteiger partial charge in [-0.3, -0.25) is 33.5 Å². The highest BCUT2D eigenvalue weighted by Crippen LogP contribution is 2.59. The Morgan fingerprint density at radius 3 is 1.46 bits per heavy atom. The fraction of sp³-hybridized carbons (Fsp3) is 0.514. The van der Waals surface area contributed by atoms with Crippen molar-refractivity contribution in [2.75, 3.05) is 13.1 Å². The molecular weight excluding hydrogens is 1390 g/mol. The minimum Gasteiger partial charge on any atom is -0.481 e. The van der Waals surface area contributed by atoms with E-state index in [1.807, 2.05) is 72.8 Å². The first kappa shape index (κ1) is 73.3. The van der Waals surface area contributed by atoms with Crippen molar-refractivity contribution in [3.05, 3.63) is 144 Å². The van der Waals surface area contributed by atoms with E-state index < -0.39 is 112 Å². The third-order valence-electron chi connectivity index (χ3n) is 21.7. The summed E-state index contributed by atoms with van der Waals surface area (Å²) in [6, 6.07) is 20.8. The molecule has 19 nitrogen and oxygen atoms in total. The van der Waals surface area contributed by atoms with Crippen LogP contribution in [0.25, 0.3) is 20.4 Å². The van der Waals surface area contributed by atoms with Gasteiger partial charge in [0.15, 0.2) is 34.8 Å². The number of thiazole rings is 2. The monoisotopic (exact) mass is 1470 g/mol. The molecule has 4 saturated carbocycles. The van der Waals surface area contributed by atoms with E-state index in [-0.39, 0.29) is 86.8 Å². The number of allylic oxidation sites excluding steroid dienone is 4. The van der Waals surface area contributed by atoms with Crippen LogP contribution in [-0.2, 0) is 61.7 Å². The number of hydrogen-bond acceptors (Lipinski definition) is 16. The van der Waals surface area contributed by atoms with E-state index in [1.165, 1.54) is 39.7 Å². The summed E-state index contributed by atoms with van der Waals surface area (Å²) in [6.07, 6.45) is 17.8. The average Bonchev–Trinajstić information content (AvgIpc) is 1.57. The first-order valence-corrected chi connectivity index (χ1v) is 39.5. The van der Waals surface area contributed by atoms with Crippen molar-refractivity contribution in [1.82, 2.24) is 24.5 Å². The lowest BCUT2D eigenvalue weighted by molar-refractivity contribution is -0.147. The molecule has 2 saturated heterocycles. The number of carbonyl (C=O) groups is 6. The van der Waals surface area contributed by atoms with Crippen LogP contribution in [0.5, 0.6) is 10.4 Å². The molecule has 0 spiro atoms. The lowest BCUT2D eigenvalue weighted by Crippen LogP contribution is -2.47. The molecule has 540 valence electrons. The van der Waals surface area contributed by atoms with Gasteiger partial charge in [0.25, 0.3) is 10.4 Å². The first-order chi connectivity index (χ1) is 48.1. The van der Waals surface area contributed by atoms with E-state index in [9.17, 15) is 68.3 Å². The molecule has 14 rings (SSSR count). The summed E-state index contributed by atoms with van der Waals surface area (Å²) in [7, 11) is -7.16. The van der Waals surface area contributed by atoms with Crippen molar-refractivity contribution in [3.8, 4) is 10.4 Å². The van der Waals surface area contributed by atoms with Crippen LogP contribution in [0.4, 0.5) is 17.6 Å². The van der Waals surface area contributed by atoms with Gasteiger partial charge in [0.1, 0.15) is 12.2 Å². The zero-order chi connectivity index (χ0) is 71.8. The number of carboxylic acid groups (broad SMARTS) is 1. The smallest absolute Gasteiger partial charge is 0.310 e. The van der Waals surface area contributed by atoms with Gasteiger partial charge in [0, 0.05) is 37.5 Å². The third-order valence-corrected chi connectivity index (χ3v) is 27.5. The molecule has 0 unspecified atom stereocenters. The van der Waals surface area contributed by atoms with E-state index in [0.717, 1.165) is 109 Å². The third kappa shape index (κ3) is 16.6. The number of benzene rings is 4. The van der Waals surface area contributed by atoms with Crippen molar-refractivity contribution in [2.24, 2.45) is 39.6 Å². The molecule has 0 bridgehead atoms. The number of nitrogens with two attached hydrogens (primary N) is 1. The number of halogens is 4. The van der Waals surface area contributed by atoms with E-state index in [4.69, 9.17) is 14.6 Å². The Balaban J connectivity index is 0.000000173. The molecule has 6 fully saturated rings. The van der Waals surface area contributed by atoms with Gasteiger partial charge in [-0.1, -0.05) is 109 Å². The zero-order valence-electron chi connectivity index (χ0n) is 56.3. The minimum absolute atomic E-state index is 0.106. The van der Waals surface area contributed by atoms with Gasteiger partial charge >= 0.3 is 5.97 Å². The Morgan fingerprint density at radius 1 is 0.604 bits per heavy atom. The summed E-state index contributed by atoms with van der Waals surface area (Å²) >= 11 is 2.76. The average molecular weight is 1470 g/mol. The fourth-order valence-electron chi connectivity index (χ4n) is 14.5. The predicted molar refractivity (Wildman–Crippen MR) is 373 cm³/mol. The van der Waals surface area contributed by atoms with E-state index in [1.54, 1.807) is 18.7 Å². The van der Waals surface area contributed by atoms with Gasteiger partial charge in [-0.25, -0.2) is 49.5 Å². The summed E-state index contributed by atoms with van der Waals surface area (Å²) in [5.74, 6) is -8.36. The fourth-order valence-corrected chi connectivity index (χ4v) is 18.2. The van der Waals surface area contributed by atoms with Gasteiger partial charge in [0.05, 0.1) is 65.9 Å². The van der Waals surface area contributed by atoms with Crippen LogP contribution in [0.1, 0.15) is 153 Å². The molecule has 4 N–H and O–H groups in total. The van der Waals surface area contributed by atoms with Gasteiger partial charge in [0.2, 0.25) is 37.8 Å². The Bertz CT molecular complexity index is 4400. The highest BCUT2D eigenvalue weighted by molar-refractivity contribution is 7.91. The second-order valence-electron chi connectivity index (χ2n) is 29.2. The molecule has 4 aromatic carbocycles. The van der Waals surface area contributed by atoms with E-state index >= 15 is 0 Å². The largest absolute Gasteiger partial charge is 0.481 e. The zero-order valence-corrected chi connectivity index (χ0v) is 59.6. The van der Waals surface area contributed by atoms with Crippen LogP contribution in [0.15, 0.2) is 109 Å². The molecule has 8 aliphatic rings. The van der Waals surface area contributed by atoms with Crippen LogP contribution < -0.4 is 19.3 Å². The Morgan fingerprint density at radius 2 is 1.04 bits per heavy atom. The Labute approximate surface area is 592 Å². The van der Waals surface area contributed by atoms with Crippen LogP contribution in [0, 0.1) is 57.8 Å². The number of sulfonamides is 2. The van der Waals surface area contributed by atoms with Crippen molar-refractivity contribution in [2.45, 2.75) is 189 Å². The highest BCUT2D eigenvalue weighted by atomic mass is 32.2. The van der Waals surface area contributed by atoms with Crippen LogP contribution >= 0.6 is 22.7 Å². The normalized spacial score (nSPS) is 28.7. The number of ketones is 2. The van der Waals surface area contributed by atoms with E-state index in [2.05, 4.69) is 14.7 Å². The SMILES string of the molecule is CC1(S(=O)(=O)NC(=O)[C@]23CC(=O)[C@@H]4C[C@@H](Oc5nc6ccccc6s5)CN4C(=O)[C@@H](Cc4ccc(F)c(F)c4)CCCCC/C=C\[C@@H]2C3)CC1.CC1(S(N)(=O)=O)CC1.O=C1C[C@]2(C(=O)O)C[C@H]2/C=C\CCCCC[C@H](Cc2ccc(F)c(F)c2)C(=O)N2C[C@H](Oc3nc4ccccc4s3)C[C@@H]12. The quantitative estimate of drug-likeness (QED) is 0.0716. The lowest BCUT2D eigenvalue weighted by Gasteiger charge is -2.29. The number of carboxylic acids is 1. The molecule has 4 aliphatic heterocycles. The Hall–Kier alpha value is -7.46. The number of carbonyl (C=O) groups excluding carboxylic acids is 5. The molecule has 6 aromatic rings. The number of aliphatic carboxylic acids is 1. The van der Waals surface area contributed by atoms with Crippen LogP contribution in [-0.4, -0.2) is 124 Å². The van der Waals surface area contributed by atoms with Crippen LogP contribution in [0.3, 0.4) is 0 Å². The highest BCUT2D eigenvalue weighted by Gasteiger charge is 2.64. The Kier molecular flexibility index (Phi) is 21.6. The second-order valence-corrected chi connectivity index (χ2v) is 35.5. The topological polar surface area (TPSA) is 280 Å². The summed E-state index contributed by atoms with van der Waals surface area (Å²) in [6.45, 7) is 3.54. The number of nitrogens with zero attached hydrogens (tertiary/aromatic N) is 4. The predicted octanol–water partition coefficient (Wildman–Crippen LogP) is 12.4. The molecule has 6 heterocycles. The van der Waals surface area contributed by atoms with Crippen molar-refractivity contribution >= 4 is 98.4 Å². The molecule has 10 atom stereocenters. The van der Waals surface area contributed by atoms with Gasteiger partial charge in [-0.05, 0) is 175 Å². The molecular formula is C74H84F4N6O13S4. The molecule has 4 aliphatic carbocycles. The number of fused-ring (bicyclic) bond motifs is 6. The maximum absolute atomic E-state index is 14.5. The molecule has 0 radical (unpaired) electrons. The van der Waals surface area contributed by atoms with Crippen molar-refractivity contribution in [3.63, 3.8) is 0 Å². The van der Waals surface area contributed by atoms with E-state index in [0.29, 0.717) is 60.0 Å². The number of Topliss-reactive ketones (excluding diaryl/α,β-unsaturated/α-hetero) is 2. The summed E-state index contributed by atoms with van der Waals surface area (Å²) in [5.41, 5.74) is 0.167. The van der Waals surface area contributed by atoms with Crippen molar-refractivity contribution < 1.29 is 77.7 Å². The standard InChI is InChI=1S/C37H41F2N3O6S2.C33H34F2N2O5S.C4H9NO2S/c1-36(15-16-36)50(46,47)41-34(45)37-20-25(37)10-6-4-2-3-5-9-24(17-23-13-14-27(38)28(39)18-23)33(44)42-22-26(19-30(42)31(43)21-37)48-35-40-29-11-7-8-12-32(29)49-35;34-24-13-12-20(15-25(24)35)14-21-8-4-2-1-3-5-9-22-17-33(22,31(40)41)18-28(38)27-16-23(19-37(27)30(21)39)42-32-36-26-10-6-7-11-29(26)43-32;1-4(2-3-4)8(5,6)7/h6-8,10-14,18,24-26,30H,2-5,9,15-17,19-22H2,1H3,(H,41,45);5-7,9-13,15,21-23,27H,1-4,8,14,16-19H2,(H,40,41);2-3H2,1H3,(H2,5,6,7)/b10-6-;9-5-;/t24-,25-,26-,30+,37-;21-,22-,23-,27+,33-;/m11./s1. The molecule has 101 heavy (non-hydrogen) atoms. The maximum atomic E-state index is 14.5. The summed E-state index contributed by atoms with van der Waals surface area (Å²) < 4.78 is 118.